The molecule has 6 heteroatoms. The third-order valence-electron chi connectivity index (χ3n) is 2.82. The number of nitrogens with zero attached hydrogens (tertiary/aromatic N) is 2. The monoisotopic (exact) mass is 299 g/mol. The Balaban J connectivity index is 1.84. The number of anilines is 1. The van der Waals surface area contributed by atoms with E-state index in [0.29, 0.717) is 10.3 Å². The van der Waals surface area contributed by atoms with E-state index in [1.807, 2.05) is 0 Å². The van der Waals surface area contributed by atoms with Gasteiger partial charge in [-0.1, -0.05) is 12.8 Å². The SMILES string of the molecule is O=[N+]([O-])c1cnc(NCCCC2CC2)c(Br)c1. The van der Waals surface area contributed by atoms with Gasteiger partial charge in [-0.3, -0.25) is 10.1 Å². The molecular formula is C11H14BrN3O2. The number of rotatable bonds is 6. The Morgan fingerprint density at radius 3 is 2.94 bits per heavy atom. The summed E-state index contributed by atoms with van der Waals surface area (Å²) < 4.78 is 0.637. The lowest BCUT2D eigenvalue weighted by atomic mass is 10.2. The molecule has 1 N–H and O–H groups in total. The molecule has 0 unspecified atom stereocenters. The third kappa shape index (κ3) is 3.66. The van der Waals surface area contributed by atoms with Crippen molar-refractivity contribution in [3.8, 4) is 0 Å². The summed E-state index contributed by atoms with van der Waals surface area (Å²) in [5.41, 5.74) is 0.000375. The first-order valence-corrected chi connectivity index (χ1v) is 6.50. The van der Waals surface area contributed by atoms with Crippen LogP contribution in [0.4, 0.5) is 11.5 Å². The van der Waals surface area contributed by atoms with E-state index >= 15 is 0 Å². The lowest BCUT2D eigenvalue weighted by molar-refractivity contribution is -0.385. The third-order valence-corrected chi connectivity index (χ3v) is 3.42. The Bertz CT molecular complexity index is 421. The molecule has 0 amide bonds. The van der Waals surface area contributed by atoms with E-state index in [1.54, 1.807) is 0 Å². The molecule has 92 valence electrons. The normalized spacial score (nSPS) is 14.6. The van der Waals surface area contributed by atoms with Gasteiger partial charge >= 0.3 is 0 Å². The van der Waals surface area contributed by atoms with Crippen LogP contribution in [0.25, 0.3) is 0 Å². The lowest BCUT2D eigenvalue weighted by Crippen LogP contribution is -2.04. The Labute approximate surface area is 108 Å². The summed E-state index contributed by atoms with van der Waals surface area (Å²) in [6.45, 7) is 0.861. The van der Waals surface area contributed by atoms with Crippen LogP contribution in [0.1, 0.15) is 25.7 Å². The van der Waals surface area contributed by atoms with E-state index in [2.05, 4.69) is 26.2 Å². The number of pyridine rings is 1. The molecule has 1 aromatic heterocycles. The van der Waals surface area contributed by atoms with Gasteiger partial charge in [0.05, 0.1) is 9.40 Å². The molecule has 0 bridgehead atoms. The standard InChI is InChI=1S/C11H14BrN3O2/c12-10-6-9(15(16)17)7-14-11(10)13-5-1-2-8-3-4-8/h6-8H,1-5H2,(H,13,14). The topological polar surface area (TPSA) is 68.1 Å². The van der Waals surface area contributed by atoms with E-state index in [-0.39, 0.29) is 5.69 Å². The predicted octanol–water partition coefficient (Wildman–Crippen LogP) is 3.35. The van der Waals surface area contributed by atoms with Crippen molar-refractivity contribution in [2.45, 2.75) is 25.7 Å². The summed E-state index contributed by atoms with van der Waals surface area (Å²) in [6, 6.07) is 1.47. The molecule has 0 saturated heterocycles. The summed E-state index contributed by atoms with van der Waals surface area (Å²) in [4.78, 5) is 14.1. The lowest BCUT2D eigenvalue weighted by Gasteiger charge is -2.06. The second kappa shape index (κ2) is 5.44. The highest BCUT2D eigenvalue weighted by molar-refractivity contribution is 9.10. The number of nitrogens with one attached hydrogen (secondary N) is 1. The second-order valence-electron chi connectivity index (χ2n) is 4.29. The first-order chi connectivity index (χ1) is 8.16. The fourth-order valence-corrected chi connectivity index (χ4v) is 2.14. The van der Waals surface area contributed by atoms with E-state index in [4.69, 9.17) is 0 Å². The average molecular weight is 300 g/mol. The summed E-state index contributed by atoms with van der Waals surface area (Å²) >= 11 is 3.28. The van der Waals surface area contributed by atoms with Crippen molar-refractivity contribution in [3.63, 3.8) is 0 Å². The zero-order valence-electron chi connectivity index (χ0n) is 9.36. The minimum Gasteiger partial charge on any atom is -0.369 e. The number of aromatic nitrogens is 1. The molecule has 1 saturated carbocycles. The summed E-state index contributed by atoms with van der Waals surface area (Å²) in [6.07, 6.45) is 6.40. The Kier molecular flexibility index (Phi) is 3.93. The molecule has 0 aliphatic heterocycles. The molecule has 1 aliphatic carbocycles. The minimum atomic E-state index is -0.450. The van der Waals surface area contributed by atoms with Crippen LogP contribution in [-0.2, 0) is 0 Å². The van der Waals surface area contributed by atoms with Crippen LogP contribution in [-0.4, -0.2) is 16.5 Å². The van der Waals surface area contributed by atoms with Crippen molar-refractivity contribution in [2.75, 3.05) is 11.9 Å². The van der Waals surface area contributed by atoms with Gasteiger partial charge in [0.15, 0.2) is 0 Å². The van der Waals surface area contributed by atoms with Crippen LogP contribution in [0.2, 0.25) is 0 Å². The fourth-order valence-electron chi connectivity index (χ4n) is 1.66. The first kappa shape index (κ1) is 12.3. The van der Waals surface area contributed by atoms with Crippen molar-refractivity contribution in [1.29, 1.82) is 0 Å². The molecule has 2 rings (SSSR count). The van der Waals surface area contributed by atoms with Crippen LogP contribution in [0.3, 0.4) is 0 Å². The van der Waals surface area contributed by atoms with Crippen molar-refractivity contribution in [1.82, 2.24) is 4.98 Å². The van der Waals surface area contributed by atoms with E-state index < -0.39 is 4.92 Å². The van der Waals surface area contributed by atoms with Crippen LogP contribution >= 0.6 is 15.9 Å². The Morgan fingerprint density at radius 1 is 1.59 bits per heavy atom. The van der Waals surface area contributed by atoms with Crippen LogP contribution in [0.5, 0.6) is 0 Å². The van der Waals surface area contributed by atoms with E-state index in [0.717, 1.165) is 18.9 Å². The number of nitro groups is 1. The first-order valence-electron chi connectivity index (χ1n) is 5.70. The molecule has 1 fully saturated rings. The molecule has 1 aromatic rings. The largest absolute Gasteiger partial charge is 0.369 e. The van der Waals surface area contributed by atoms with Gasteiger partial charge in [0, 0.05) is 12.6 Å². The fraction of sp³-hybridized carbons (Fsp3) is 0.545. The summed E-state index contributed by atoms with van der Waals surface area (Å²) in [5.74, 6) is 1.61. The zero-order chi connectivity index (χ0) is 12.3. The maximum absolute atomic E-state index is 10.5. The van der Waals surface area contributed by atoms with Gasteiger partial charge in [-0.05, 0) is 34.7 Å². The predicted molar refractivity (Wildman–Crippen MR) is 69.0 cm³/mol. The average Bonchev–Trinajstić information content (AvgIpc) is 3.09. The molecule has 17 heavy (non-hydrogen) atoms. The number of hydrogen-bond acceptors (Lipinski definition) is 4. The van der Waals surface area contributed by atoms with E-state index in [1.165, 1.54) is 31.5 Å². The van der Waals surface area contributed by atoms with E-state index in [9.17, 15) is 10.1 Å². The summed E-state index contributed by atoms with van der Waals surface area (Å²) in [5, 5.41) is 13.7. The Hall–Kier alpha value is -1.17. The quantitative estimate of drug-likeness (QED) is 0.497. The highest BCUT2D eigenvalue weighted by Gasteiger charge is 2.20. The van der Waals surface area contributed by atoms with Crippen molar-refractivity contribution in [2.24, 2.45) is 5.92 Å². The molecule has 1 aliphatic rings. The van der Waals surface area contributed by atoms with Crippen LogP contribution in [0.15, 0.2) is 16.7 Å². The second-order valence-corrected chi connectivity index (χ2v) is 5.15. The molecule has 1 heterocycles. The maximum atomic E-state index is 10.5. The molecule has 5 nitrogen and oxygen atoms in total. The van der Waals surface area contributed by atoms with Crippen molar-refractivity contribution in [3.05, 3.63) is 26.9 Å². The van der Waals surface area contributed by atoms with Gasteiger partial charge in [0.1, 0.15) is 12.0 Å². The van der Waals surface area contributed by atoms with Gasteiger partial charge in [-0.25, -0.2) is 4.98 Å². The molecule has 0 atom stereocenters. The zero-order valence-corrected chi connectivity index (χ0v) is 10.9. The van der Waals surface area contributed by atoms with Crippen molar-refractivity contribution >= 4 is 27.4 Å². The highest BCUT2D eigenvalue weighted by atomic mass is 79.9. The van der Waals surface area contributed by atoms with Gasteiger partial charge in [-0.2, -0.15) is 0 Å². The maximum Gasteiger partial charge on any atom is 0.288 e. The van der Waals surface area contributed by atoms with Crippen LogP contribution < -0.4 is 5.32 Å². The van der Waals surface area contributed by atoms with Gasteiger partial charge in [-0.15, -0.1) is 0 Å². The smallest absolute Gasteiger partial charge is 0.288 e. The van der Waals surface area contributed by atoms with Gasteiger partial charge < -0.3 is 5.32 Å². The minimum absolute atomic E-state index is 0.000375. The van der Waals surface area contributed by atoms with Gasteiger partial charge in [0.25, 0.3) is 5.69 Å². The molecule has 0 radical (unpaired) electrons. The molecule has 0 aromatic carbocycles. The Morgan fingerprint density at radius 2 is 2.35 bits per heavy atom. The number of halogens is 1. The number of hydrogen-bond donors (Lipinski definition) is 1. The molecular weight excluding hydrogens is 286 g/mol. The molecule has 0 spiro atoms. The summed E-state index contributed by atoms with van der Waals surface area (Å²) in [7, 11) is 0. The van der Waals surface area contributed by atoms with Crippen molar-refractivity contribution < 1.29 is 4.92 Å². The highest BCUT2D eigenvalue weighted by Crippen LogP contribution is 2.33. The van der Waals surface area contributed by atoms with Crippen LogP contribution in [0, 0.1) is 16.0 Å². The van der Waals surface area contributed by atoms with Gasteiger partial charge in [0.2, 0.25) is 0 Å².